The number of hydrogen-bond donors (Lipinski definition) is 0. The van der Waals surface area contributed by atoms with Crippen LogP contribution in [0.25, 0.3) is 0 Å². The Kier molecular flexibility index (Phi) is 5.79. The van der Waals surface area contributed by atoms with Crippen LogP contribution in [0, 0.1) is 19.8 Å². The van der Waals surface area contributed by atoms with Gasteiger partial charge < -0.3 is 14.7 Å². The molecule has 3 heterocycles. The molecule has 2 fully saturated rings. The third kappa shape index (κ3) is 4.06. The van der Waals surface area contributed by atoms with Crippen LogP contribution in [-0.4, -0.2) is 59.9 Å². The lowest BCUT2D eigenvalue weighted by Gasteiger charge is -2.40. The van der Waals surface area contributed by atoms with Crippen LogP contribution in [0.15, 0.2) is 35.3 Å². The molecular formula is C23H31N5O2. The van der Waals surface area contributed by atoms with Crippen molar-refractivity contribution >= 4 is 17.3 Å². The lowest BCUT2D eigenvalue weighted by molar-refractivity contribution is -0.136. The van der Waals surface area contributed by atoms with Gasteiger partial charge in [-0.05, 0) is 43.9 Å². The third-order valence-corrected chi connectivity index (χ3v) is 6.60. The van der Waals surface area contributed by atoms with Gasteiger partial charge in [0.25, 0.3) is 5.56 Å². The number of aromatic nitrogens is 2. The van der Waals surface area contributed by atoms with E-state index in [4.69, 9.17) is 0 Å². The number of rotatable bonds is 3. The molecule has 1 aromatic heterocycles. The minimum Gasteiger partial charge on any atom is -0.369 e. The average Bonchev–Trinajstić information content (AvgIpc) is 2.77. The molecule has 2 saturated heterocycles. The van der Waals surface area contributed by atoms with E-state index in [2.05, 4.69) is 46.9 Å². The van der Waals surface area contributed by atoms with Crippen LogP contribution in [-0.2, 0) is 11.8 Å². The Balaban J connectivity index is 1.38. The average molecular weight is 410 g/mol. The van der Waals surface area contributed by atoms with Crippen LogP contribution >= 0.6 is 0 Å². The first-order valence-electron chi connectivity index (χ1n) is 10.8. The Labute approximate surface area is 177 Å². The van der Waals surface area contributed by atoms with Gasteiger partial charge in [-0.2, -0.15) is 5.10 Å². The molecule has 2 aliphatic heterocycles. The fraction of sp³-hybridized carbons (Fsp3) is 0.522. The fourth-order valence-electron chi connectivity index (χ4n) is 4.55. The van der Waals surface area contributed by atoms with Crippen molar-refractivity contribution in [2.75, 3.05) is 49.1 Å². The Hall–Kier alpha value is -2.83. The normalized spacial score (nSPS) is 19.8. The van der Waals surface area contributed by atoms with E-state index >= 15 is 0 Å². The standard InChI is InChI=1S/C23H31N5O2/c1-17-6-4-8-21(18(17)2)26-10-12-27(13-11-26)23(30)19-7-5-9-28(16-19)20-14-22(29)25(3)24-15-20/h4,6,8,14-15,19H,5,7,9-13,16H2,1-3H3. The van der Waals surface area contributed by atoms with Crippen molar-refractivity contribution in [1.82, 2.24) is 14.7 Å². The molecule has 0 N–H and O–H groups in total. The molecule has 160 valence electrons. The van der Waals surface area contributed by atoms with Crippen molar-refractivity contribution in [3.8, 4) is 0 Å². The smallest absolute Gasteiger partial charge is 0.268 e. The molecule has 0 spiro atoms. The summed E-state index contributed by atoms with van der Waals surface area (Å²) in [6.45, 7) is 9.09. The molecule has 2 aliphatic rings. The van der Waals surface area contributed by atoms with Crippen molar-refractivity contribution in [2.24, 2.45) is 13.0 Å². The predicted molar refractivity (Wildman–Crippen MR) is 119 cm³/mol. The van der Waals surface area contributed by atoms with E-state index in [1.165, 1.54) is 21.5 Å². The summed E-state index contributed by atoms with van der Waals surface area (Å²) in [4.78, 5) is 31.7. The summed E-state index contributed by atoms with van der Waals surface area (Å²) in [5.74, 6) is 0.229. The van der Waals surface area contributed by atoms with Crippen LogP contribution in [0.5, 0.6) is 0 Å². The molecule has 7 nitrogen and oxygen atoms in total. The number of carbonyl (C=O) groups is 1. The van der Waals surface area contributed by atoms with E-state index in [0.29, 0.717) is 6.54 Å². The highest BCUT2D eigenvalue weighted by Gasteiger charge is 2.31. The second-order valence-electron chi connectivity index (χ2n) is 8.49. The maximum absolute atomic E-state index is 13.2. The summed E-state index contributed by atoms with van der Waals surface area (Å²) in [5.41, 5.74) is 4.60. The second-order valence-corrected chi connectivity index (χ2v) is 8.49. The Morgan fingerprint density at radius 2 is 1.83 bits per heavy atom. The van der Waals surface area contributed by atoms with E-state index < -0.39 is 0 Å². The van der Waals surface area contributed by atoms with Crippen LogP contribution in [0.3, 0.4) is 0 Å². The van der Waals surface area contributed by atoms with Crippen LogP contribution < -0.4 is 15.4 Å². The monoisotopic (exact) mass is 409 g/mol. The largest absolute Gasteiger partial charge is 0.369 e. The van der Waals surface area contributed by atoms with Crippen LogP contribution in [0.4, 0.5) is 11.4 Å². The quantitative estimate of drug-likeness (QED) is 0.776. The van der Waals surface area contributed by atoms with E-state index in [-0.39, 0.29) is 17.4 Å². The number of amides is 1. The number of piperazine rings is 1. The SMILES string of the molecule is Cc1cccc(N2CCN(C(=O)C3CCCN(c4cnn(C)c(=O)c4)C3)CC2)c1C. The van der Waals surface area contributed by atoms with Crippen molar-refractivity contribution in [3.05, 3.63) is 51.9 Å². The number of nitrogens with zero attached hydrogens (tertiary/aromatic N) is 5. The van der Waals surface area contributed by atoms with Gasteiger partial charge in [0.05, 0.1) is 17.8 Å². The number of hydrogen-bond acceptors (Lipinski definition) is 5. The maximum Gasteiger partial charge on any atom is 0.268 e. The number of anilines is 2. The van der Waals surface area contributed by atoms with Gasteiger partial charge in [-0.1, -0.05) is 12.1 Å². The molecule has 0 aliphatic carbocycles. The molecule has 1 atom stereocenters. The molecule has 2 aromatic rings. The number of carbonyl (C=O) groups excluding carboxylic acids is 1. The highest BCUT2D eigenvalue weighted by Crippen LogP contribution is 2.26. The zero-order chi connectivity index (χ0) is 21.3. The molecule has 1 aromatic carbocycles. The fourth-order valence-corrected chi connectivity index (χ4v) is 4.55. The van der Waals surface area contributed by atoms with Crippen molar-refractivity contribution in [3.63, 3.8) is 0 Å². The molecule has 30 heavy (non-hydrogen) atoms. The molecule has 0 bridgehead atoms. The number of benzene rings is 1. The van der Waals surface area contributed by atoms with Gasteiger partial charge in [0.2, 0.25) is 5.91 Å². The predicted octanol–water partition coefficient (Wildman–Crippen LogP) is 1.96. The minimum atomic E-state index is -0.122. The molecule has 7 heteroatoms. The molecule has 1 unspecified atom stereocenters. The zero-order valence-electron chi connectivity index (χ0n) is 18.2. The molecule has 0 radical (unpaired) electrons. The highest BCUT2D eigenvalue weighted by atomic mass is 16.2. The van der Waals surface area contributed by atoms with E-state index in [1.807, 2.05) is 4.90 Å². The van der Waals surface area contributed by atoms with Crippen LogP contribution in [0.1, 0.15) is 24.0 Å². The summed E-state index contributed by atoms with van der Waals surface area (Å²) in [6, 6.07) is 8.04. The zero-order valence-corrected chi connectivity index (χ0v) is 18.2. The molecule has 4 rings (SSSR count). The highest BCUT2D eigenvalue weighted by molar-refractivity contribution is 5.80. The summed E-state index contributed by atoms with van der Waals surface area (Å²) in [6.07, 6.45) is 3.58. The maximum atomic E-state index is 13.2. The van der Waals surface area contributed by atoms with E-state index in [1.54, 1.807) is 19.3 Å². The van der Waals surface area contributed by atoms with Crippen molar-refractivity contribution < 1.29 is 4.79 Å². The van der Waals surface area contributed by atoms with Crippen molar-refractivity contribution in [1.29, 1.82) is 0 Å². The Bertz CT molecular complexity index is 978. The van der Waals surface area contributed by atoms with Gasteiger partial charge in [0, 0.05) is 58.1 Å². The molecular weight excluding hydrogens is 378 g/mol. The Morgan fingerprint density at radius 1 is 1.07 bits per heavy atom. The lowest BCUT2D eigenvalue weighted by Crippen LogP contribution is -2.52. The first-order chi connectivity index (χ1) is 14.4. The summed E-state index contributed by atoms with van der Waals surface area (Å²) in [7, 11) is 1.65. The number of piperidine rings is 1. The number of aryl methyl sites for hydroxylation is 2. The lowest BCUT2D eigenvalue weighted by atomic mass is 9.95. The molecule has 1 amide bonds. The minimum absolute atomic E-state index is 0.0185. The van der Waals surface area contributed by atoms with Crippen molar-refractivity contribution in [2.45, 2.75) is 26.7 Å². The molecule has 0 saturated carbocycles. The van der Waals surface area contributed by atoms with Gasteiger partial charge in [-0.3, -0.25) is 9.59 Å². The Morgan fingerprint density at radius 3 is 2.57 bits per heavy atom. The van der Waals surface area contributed by atoms with E-state index in [0.717, 1.165) is 51.3 Å². The summed E-state index contributed by atoms with van der Waals surface area (Å²) in [5, 5.41) is 4.13. The van der Waals surface area contributed by atoms with E-state index in [9.17, 15) is 9.59 Å². The van der Waals surface area contributed by atoms with Gasteiger partial charge in [0.15, 0.2) is 0 Å². The van der Waals surface area contributed by atoms with Gasteiger partial charge in [-0.25, -0.2) is 4.68 Å². The van der Waals surface area contributed by atoms with Gasteiger partial charge >= 0.3 is 0 Å². The first kappa shape index (κ1) is 20.4. The van der Waals surface area contributed by atoms with Gasteiger partial charge in [0.1, 0.15) is 0 Å². The summed E-state index contributed by atoms with van der Waals surface area (Å²) >= 11 is 0. The second kappa shape index (κ2) is 8.50. The first-order valence-corrected chi connectivity index (χ1v) is 10.8. The third-order valence-electron chi connectivity index (χ3n) is 6.60. The summed E-state index contributed by atoms with van der Waals surface area (Å²) < 4.78 is 1.32. The topological polar surface area (TPSA) is 61.7 Å². The van der Waals surface area contributed by atoms with Crippen LogP contribution in [0.2, 0.25) is 0 Å². The van der Waals surface area contributed by atoms with Gasteiger partial charge in [-0.15, -0.1) is 0 Å².